The Balaban J connectivity index is 2.36. The number of hydrogen-bond acceptors (Lipinski definition) is 4. The molecule has 1 saturated carbocycles. The van der Waals surface area contributed by atoms with Crippen LogP contribution in [0.15, 0.2) is 6.07 Å². The molecule has 1 aromatic heterocycles. The molecule has 0 spiro atoms. The minimum Gasteiger partial charge on any atom is -0.464 e. The number of ether oxygens (including phenoxy) is 1. The fourth-order valence-corrected chi connectivity index (χ4v) is 2.16. The van der Waals surface area contributed by atoms with E-state index in [1.54, 1.807) is 24.7 Å². The van der Waals surface area contributed by atoms with Crippen LogP contribution in [-0.4, -0.2) is 34.1 Å². The van der Waals surface area contributed by atoms with E-state index in [4.69, 9.17) is 0 Å². The van der Waals surface area contributed by atoms with Crippen LogP contribution >= 0.6 is 0 Å². The molecule has 0 radical (unpaired) electrons. The molecule has 1 heterocycles. The summed E-state index contributed by atoms with van der Waals surface area (Å²) in [5.74, 6) is -0.441. The SMILES string of the molecule is COC(=O)c1cc(C2(C(C)O)CC2)n(C)n1. The summed E-state index contributed by atoms with van der Waals surface area (Å²) in [7, 11) is 3.11. The second-order valence-corrected chi connectivity index (χ2v) is 4.36. The first-order valence-electron chi connectivity index (χ1n) is 5.32. The largest absolute Gasteiger partial charge is 0.464 e. The number of aliphatic hydroxyl groups excluding tert-OH is 1. The Morgan fingerprint density at radius 3 is 2.75 bits per heavy atom. The van der Waals surface area contributed by atoms with E-state index < -0.39 is 12.1 Å². The minimum absolute atomic E-state index is 0.214. The standard InChI is InChI=1S/C11H16N2O3/c1-7(14)11(4-5-11)9-6-8(10(15)16-3)12-13(9)2/h6-7,14H,4-5H2,1-3H3. The highest BCUT2D eigenvalue weighted by Gasteiger charge is 2.50. The van der Waals surface area contributed by atoms with E-state index in [2.05, 4.69) is 9.84 Å². The summed E-state index contributed by atoms with van der Waals surface area (Å²) in [5, 5.41) is 13.9. The fourth-order valence-electron chi connectivity index (χ4n) is 2.16. The van der Waals surface area contributed by atoms with Crippen molar-refractivity contribution in [3.8, 4) is 0 Å². The highest BCUT2D eigenvalue weighted by molar-refractivity contribution is 5.87. The first kappa shape index (κ1) is 11.1. The highest BCUT2D eigenvalue weighted by Crippen LogP contribution is 2.50. The number of rotatable bonds is 3. The number of esters is 1. The molecule has 5 heteroatoms. The molecule has 2 rings (SSSR count). The molecule has 1 unspecified atom stereocenters. The predicted octanol–water partition coefficient (Wildman–Crippen LogP) is 0.619. The predicted molar refractivity (Wildman–Crippen MR) is 57.1 cm³/mol. The second kappa shape index (κ2) is 3.59. The van der Waals surface area contributed by atoms with Gasteiger partial charge in [0.15, 0.2) is 5.69 Å². The van der Waals surface area contributed by atoms with Gasteiger partial charge < -0.3 is 9.84 Å². The minimum atomic E-state index is -0.441. The number of nitrogens with zero attached hydrogens (tertiary/aromatic N) is 2. The smallest absolute Gasteiger partial charge is 0.358 e. The topological polar surface area (TPSA) is 64.3 Å². The third kappa shape index (κ3) is 1.51. The molecule has 0 bridgehead atoms. The van der Waals surface area contributed by atoms with Crippen molar-refractivity contribution in [1.82, 2.24) is 9.78 Å². The maximum Gasteiger partial charge on any atom is 0.358 e. The lowest BCUT2D eigenvalue weighted by molar-refractivity contribution is 0.0593. The van der Waals surface area contributed by atoms with Crippen LogP contribution in [0.5, 0.6) is 0 Å². The van der Waals surface area contributed by atoms with Crippen molar-refractivity contribution >= 4 is 5.97 Å². The van der Waals surface area contributed by atoms with E-state index in [0.717, 1.165) is 18.5 Å². The lowest BCUT2D eigenvalue weighted by atomic mass is 9.96. The molecule has 1 aliphatic carbocycles. The first-order chi connectivity index (χ1) is 7.51. The zero-order chi connectivity index (χ0) is 11.9. The molecule has 1 fully saturated rings. The molecular weight excluding hydrogens is 208 g/mol. The molecule has 1 aromatic rings. The van der Waals surface area contributed by atoms with Gasteiger partial charge in [0.25, 0.3) is 0 Å². The molecule has 0 amide bonds. The Labute approximate surface area is 94.0 Å². The molecule has 5 nitrogen and oxygen atoms in total. The summed E-state index contributed by atoms with van der Waals surface area (Å²) in [6.07, 6.45) is 1.45. The molecule has 0 aromatic carbocycles. The number of methoxy groups -OCH3 is 1. The van der Waals surface area contributed by atoms with Gasteiger partial charge in [-0.15, -0.1) is 0 Å². The summed E-state index contributed by atoms with van der Waals surface area (Å²) in [4.78, 5) is 11.3. The van der Waals surface area contributed by atoms with Gasteiger partial charge in [-0.2, -0.15) is 5.10 Å². The van der Waals surface area contributed by atoms with Crippen molar-refractivity contribution < 1.29 is 14.6 Å². The van der Waals surface area contributed by atoms with Gasteiger partial charge in [-0.1, -0.05) is 0 Å². The van der Waals surface area contributed by atoms with Crippen molar-refractivity contribution in [2.45, 2.75) is 31.3 Å². The van der Waals surface area contributed by atoms with E-state index in [-0.39, 0.29) is 5.41 Å². The first-order valence-corrected chi connectivity index (χ1v) is 5.32. The van der Waals surface area contributed by atoms with Crippen molar-refractivity contribution in [1.29, 1.82) is 0 Å². The van der Waals surface area contributed by atoms with Crippen LogP contribution in [0.25, 0.3) is 0 Å². The van der Waals surface area contributed by atoms with Crippen LogP contribution in [-0.2, 0) is 17.2 Å². The van der Waals surface area contributed by atoms with Gasteiger partial charge in [0.2, 0.25) is 0 Å². The van der Waals surface area contributed by atoms with Gasteiger partial charge in [-0.3, -0.25) is 4.68 Å². The summed E-state index contributed by atoms with van der Waals surface area (Å²) in [6.45, 7) is 1.78. The molecule has 1 atom stereocenters. The maximum absolute atomic E-state index is 11.3. The third-order valence-electron chi connectivity index (χ3n) is 3.37. The van der Waals surface area contributed by atoms with Crippen LogP contribution in [0, 0.1) is 0 Å². The number of aryl methyl sites for hydroxylation is 1. The quantitative estimate of drug-likeness (QED) is 0.764. The Hall–Kier alpha value is -1.36. The van der Waals surface area contributed by atoms with Crippen LogP contribution in [0.4, 0.5) is 0 Å². The Bertz CT molecular complexity index is 419. The van der Waals surface area contributed by atoms with E-state index in [1.807, 2.05) is 0 Å². The van der Waals surface area contributed by atoms with Crippen LogP contribution in [0.2, 0.25) is 0 Å². The van der Waals surface area contributed by atoms with Crippen molar-refractivity contribution in [3.63, 3.8) is 0 Å². The van der Waals surface area contributed by atoms with Crippen molar-refractivity contribution in [2.75, 3.05) is 7.11 Å². The molecule has 16 heavy (non-hydrogen) atoms. The average Bonchev–Trinajstić information content (AvgIpc) is 2.96. The Morgan fingerprint density at radius 2 is 2.31 bits per heavy atom. The molecule has 0 aliphatic heterocycles. The highest BCUT2D eigenvalue weighted by atomic mass is 16.5. The zero-order valence-electron chi connectivity index (χ0n) is 9.73. The molecule has 1 aliphatic rings. The van der Waals surface area contributed by atoms with E-state index >= 15 is 0 Å². The second-order valence-electron chi connectivity index (χ2n) is 4.36. The maximum atomic E-state index is 11.3. The van der Waals surface area contributed by atoms with Gasteiger partial charge in [0, 0.05) is 18.2 Å². The zero-order valence-corrected chi connectivity index (χ0v) is 9.73. The summed E-state index contributed by atoms with van der Waals surface area (Å²) < 4.78 is 6.28. The van der Waals surface area contributed by atoms with Crippen molar-refractivity contribution in [2.24, 2.45) is 7.05 Å². The molecule has 0 saturated heterocycles. The van der Waals surface area contributed by atoms with Crippen LogP contribution in [0.1, 0.15) is 35.9 Å². The number of hydrogen-bond donors (Lipinski definition) is 1. The average molecular weight is 224 g/mol. The molecular formula is C11H16N2O3. The van der Waals surface area contributed by atoms with Crippen LogP contribution < -0.4 is 0 Å². The number of aromatic nitrogens is 2. The van der Waals surface area contributed by atoms with E-state index in [0.29, 0.717) is 5.69 Å². The van der Waals surface area contributed by atoms with Gasteiger partial charge in [-0.25, -0.2) is 4.79 Å². The third-order valence-corrected chi connectivity index (χ3v) is 3.37. The number of carbonyl (C=O) groups is 1. The monoisotopic (exact) mass is 224 g/mol. The lowest BCUT2D eigenvalue weighted by Gasteiger charge is -2.18. The van der Waals surface area contributed by atoms with Gasteiger partial charge in [-0.05, 0) is 25.8 Å². The lowest BCUT2D eigenvalue weighted by Crippen LogP contribution is -2.25. The molecule has 1 N–H and O–H groups in total. The summed E-state index contributed by atoms with van der Waals surface area (Å²) >= 11 is 0. The summed E-state index contributed by atoms with van der Waals surface area (Å²) in [5.41, 5.74) is 0.989. The number of aliphatic hydroxyl groups is 1. The van der Waals surface area contributed by atoms with Crippen LogP contribution in [0.3, 0.4) is 0 Å². The van der Waals surface area contributed by atoms with E-state index in [1.165, 1.54) is 7.11 Å². The van der Waals surface area contributed by atoms with Gasteiger partial charge in [0.05, 0.1) is 13.2 Å². The molecule has 88 valence electrons. The Morgan fingerprint density at radius 1 is 1.69 bits per heavy atom. The fraction of sp³-hybridized carbons (Fsp3) is 0.636. The Kier molecular flexibility index (Phi) is 2.50. The summed E-state index contributed by atoms with van der Waals surface area (Å²) in [6, 6.07) is 1.71. The van der Waals surface area contributed by atoms with Crippen molar-refractivity contribution in [3.05, 3.63) is 17.5 Å². The normalized spacial score (nSPS) is 19.2. The number of carbonyl (C=O) groups excluding carboxylic acids is 1. The van der Waals surface area contributed by atoms with Gasteiger partial charge >= 0.3 is 5.97 Å². The van der Waals surface area contributed by atoms with Gasteiger partial charge in [0.1, 0.15) is 0 Å². The van der Waals surface area contributed by atoms with E-state index in [9.17, 15) is 9.90 Å².